The molecule has 6 heteroatoms. The molecule has 0 radical (unpaired) electrons. The van der Waals surface area contributed by atoms with Gasteiger partial charge in [-0.15, -0.1) is 0 Å². The van der Waals surface area contributed by atoms with Crippen LogP contribution in [0.25, 0.3) is 0 Å². The summed E-state index contributed by atoms with van der Waals surface area (Å²) in [5, 5.41) is 6.64. The SMILES string of the molecule is Cc1cc(C)cc(Nc2nccc(NCCN3CCOCC3)n2)c1. The van der Waals surface area contributed by atoms with Gasteiger partial charge in [0.15, 0.2) is 0 Å². The third-order valence-electron chi connectivity index (χ3n) is 3.97. The van der Waals surface area contributed by atoms with Gasteiger partial charge in [-0.05, 0) is 43.2 Å². The van der Waals surface area contributed by atoms with Crippen molar-refractivity contribution in [2.75, 3.05) is 50.0 Å². The van der Waals surface area contributed by atoms with Crippen molar-refractivity contribution in [2.24, 2.45) is 0 Å². The second kappa shape index (κ2) is 8.08. The number of morpholine rings is 1. The molecule has 6 nitrogen and oxygen atoms in total. The molecule has 0 amide bonds. The lowest BCUT2D eigenvalue weighted by molar-refractivity contribution is 0.0398. The third kappa shape index (κ3) is 4.91. The summed E-state index contributed by atoms with van der Waals surface area (Å²) in [7, 11) is 0. The Bertz CT molecular complexity index is 650. The lowest BCUT2D eigenvalue weighted by atomic mass is 10.1. The molecule has 2 N–H and O–H groups in total. The van der Waals surface area contributed by atoms with Crippen LogP contribution in [-0.2, 0) is 4.74 Å². The Kier molecular flexibility index (Phi) is 5.61. The summed E-state index contributed by atoms with van der Waals surface area (Å²) in [4.78, 5) is 11.2. The molecule has 0 aliphatic carbocycles. The molecule has 1 fully saturated rings. The first-order valence-corrected chi connectivity index (χ1v) is 8.41. The van der Waals surface area contributed by atoms with E-state index in [0.717, 1.165) is 50.9 Å². The topological polar surface area (TPSA) is 62.3 Å². The minimum atomic E-state index is 0.608. The second-order valence-electron chi connectivity index (χ2n) is 6.15. The van der Waals surface area contributed by atoms with Gasteiger partial charge >= 0.3 is 0 Å². The third-order valence-corrected chi connectivity index (χ3v) is 3.97. The van der Waals surface area contributed by atoms with E-state index in [1.165, 1.54) is 11.1 Å². The van der Waals surface area contributed by atoms with Gasteiger partial charge in [-0.1, -0.05) is 6.07 Å². The monoisotopic (exact) mass is 327 g/mol. The van der Waals surface area contributed by atoms with Crippen LogP contribution in [0.5, 0.6) is 0 Å². The van der Waals surface area contributed by atoms with E-state index in [4.69, 9.17) is 4.74 Å². The Hall–Kier alpha value is -2.18. The van der Waals surface area contributed by atoms with Crippen LogP contribution in [0.1, 0.15) is 11.1 Å². The molecule has 1 aromatic heterocycles. The van der Waals surface area contributed by atoms with E-state index in [1.54, 1.807) is 6.20 Å². The first-order valence-electron chi connectivity index (χ1n) is 8.41. The Morgan fingerprint density at radius 3 is 2.62 bits per heavy atom. The number of ether oxygens (including phenoxy) is 1. The predicted octanol–water partition coefficient (Wildman–Crippen LogP) is 2.58. The van der Waals surface area contributed by atoms with Crippen LogP contribution in [0.3, 0.4) is 0 Å². The summed E-state index contributed by atoms with van der Waals surface area (Å²) < 4.78 is 5.36. The first-order chi connectivity index (χ1) is 11.7. The zero-order valence-electron chi connectivity index (χ0n) is 14.4. The summed E-state index contributed by atoms with van der Waals surface area (Å²) in [5.74, 6) is 1.45. The minimum Gasteiger partial charge on any atom is -0.379 e. The zero-order valence-corrected chi connectivity index (χ0v) is 14.4. The molecule has 128 valence electrons. The highest BCUT2D eigenvalue weighted by Crippen LogP contribution is 2.17. The largest absolute Gasteiger partial charge is 0.379 e. The van der Waals surface area contributed by atoms with Gasteiger partial charge in [0.2, 0.25) is 5.95 Å². The summed E-state index contributed by atoms with van der Waals surface area (Å²) in [6.45, 7) is 9.70. The van der Waals surface area contributed by atoms with E-state index in [0.29, 0.717) is 5.95 Å². The van der Waals surface area contributed by atoms with Crippen molar-refractivity contribution in [3.05, 3.63) is 41.6 Å². The average molecular weight is 327 g/mol. The molecule has 2 aromatic rings. The van der Waals surface area contributed by atoms with Gasteiger partial charge in [-0.25, -0.2) is 4.98 Å². The zero-order chi connectivity index (χ0) is 16.8. The van der Waals surface area contributed by atoms with Crippen LogP contribution in [0, 0.1) is 13.8 Å². The van der Waals surface area contributed by atoms with Crippen LogP contribution in [0.15, 0.2) is 30.5 Å². The fraction of sp³-hybridized carbons (Fsp3) is 0.444. The molecule has 0 bridgehead atoms. The van der Waals surface area contributed by atoms with Crippen LogP contribution in [-0.4, -0.2) is 54.3 Å². The molecule has 0 atom stereocenters. The molecule has 0 unspecified atom stereocenters. The Labute approximate surface area is 143 Å². The number of benzene rings is 1. The van der Waals surface area contributed by atoms with Crippen LogP contribution < -0.4 is 10.6 Å². The Balaban J connectivity index is 1.55. The summed E-state index contributed by atoms with van der Waals surface area (Å²) in [6, 6.07) is 8.23. The van der Waals surface area contributed by atoms with Crippen molar-refractivity contribution < 1.29 is 4.74 Å². The minimum absolute atomic E-state index is 0.608. The molecule has 0 spiro atoms. The maximum atomic E-state index is 5.36. The maximum absolute atomic E-state index is 5.36. The molecule has 0 saturated carbocycles. The van der Waals surface area contributed by atoms with E-state index in [-0.39, 0.29) is 0 Å². The number of hydrogen-bond donors (Lipinski definition) is 2. The number of aromatic nitrogens is 2. The number of hydrogen-bond acceptors (Lipinski definition) is 6. The lowest BCUT2D eigenvalue weighted by Gasteiger charge is -2.26. The normalized spacial score (nSPS) is 15.2. The average Bonchev–Trinajstić information content (AvgIpc) is 2.55. The highest BCUT2D eigenvalue weighted by atomic mass is 16.5. The number of rotatable bonds is 6. The first kappa shape index (κ1) is 16.7. The molecule has 1 aromatic carbocycles. The number of nitrogens with one attached hydrogen (secondary N) is 2. The summed E-state index contributed by atoms with van der Waals surface area (Å²) >= 11 is 0. The van der Waals surface area contributed by atoms with E-state index in [9.17, 15) is 0 Å². The fourth-order valence-electron chi connectivity index (χ4n) is 2.86. The Morgan fingerprint density at radius 1 is 1.12 bits per heavy atom. The molecular weight excluding hydrogens is 302 g/mol. The van der Waals surface area contributed by atoms with Gasteiger partial charge in [0.25, 0.3) is 0 Å². The Morgan fingerprint density at radius 2 is 1.88 bits per heavy atom. The molecule has 1 aliphatic rings. The quantitative estimate of drug-likeness (QED) is 0.850. The van der Waals surface area contributed by atoms with Crippen LogP contribution >= 0.6 is 0 Å². The van der Waals surface area contributed by atoms with E-state index in [1.807, 2.05) is 6.07 Å². The van der Waals surface area contributed by atoms with Crippen LogP contribution in [0.2, 0.25) is 0 Å². The van der Waals surface area contributed by atoms with E-state index >= 15 is 0 Å². The van der Waals surface area contributed by atoms with Crippen molar-refractivity contribution in [3.8, 4) is 0 Å². The predicted molar refractivity (Wildman–Crippen MR) is 97.0 cm³/mol. The van der Waals surface area contributed by atoms with Gasteiger partial charge in [0, 0.05) is 38.1 Å². The highest BCUT2D eigenvalue weighted by molar-refractivity contribution is 5.57. The van der Waals surface area contributed by atoms with Gasteiger partial charge < -0.3 is 15.4 Å². The van der Waals surface area contributed by atoms with Gasteiger partial charge in [-0.2, -0.15) is 4.98 Å². The molecule has 1 aliphatic heterocycles. The fourth-order valence-corrected chi connectivity index (χ4v) is 2.86. The molecule has 24 heavy (non-hydrogen) atoms. The van der Waals surface area contributed by atoms with Crippen molar-refractivity contribution in [3.63, 3.8) is 0 Å². The van der Waals surface area contributed by atoms with E-state index in [2.05, 4.69) is 57.5 Å². The van der Waals surface area contributed by atoms with Gasteiger partial charge in [0.05, 0.1) is 13.2 Å². The summed E-state index contributed by atoms with van der Waals surface area (Å²) in [6.07, 6.45) is 1.77. The van der Waals surface area contributed by atoms with Crippen molar-refractivity contribution in [1.29, 1.82) is 0 Å². The van der Waals surface area contributed by atoms with E-state index < -0.39 is 0 Å². The highest BCUT2D eigenvalue weighted by Gasteiger charge is 2.09. The van der Waals surface area contributed by atoms with Crippen LogP contribution in [0.4, 0.5) is 17.5 Å². The second-order valence-corrected chi connectivity index (χ2v) is 6.15. The lowest BCUT2D eigenvalue weighted by Crippen LogP contribution is -2.39. The molecule has 1 saturated heterocycles. The molecule has 3 rings (SSSR count). The standard InChI is InChI=1S/C18H25N5O/c1-14-11-15(2)13-16(12-14)21-18-20-4-3-17(22-18)19-5-6-23-7-9-24-10-8-23/h3-4,11-13H,5-10H2,1-2H3,(H2,19,20,21,22). The molecule has 2 heterocycles. The van der Waals surface area contributed by atoms with Crippen molar-refractivity contribution in [1.82, 2.24) is 14.9 Å². The van der Waals surface area contributed by atoms with Gasteiger partial charge in [0.1, 0.15) is 5.82 Å². The molecular formula is C18H25N5O. The number of aryl methyl sites for hydroxylation is 2. The summed E-state index contributed by atoms with van der Waals surface area (Å²) in [5.41, 5.74) is 3.45. The number of anilines is 3. The van der Waals surface area contributed by atoms with Crippen molar-refractivity contribution in [2.45, 2.75) is 13.8 Å². The number of nitrogens with zero attached hydrogens (tertiary/aromatic N) is 3. The maximum Gasteiger partial charge on any atom is 0.229 e. The van der Waals surface area contributed by atoms with Crippen molar-refractivity contribution >= 4 is 17.5 Å². The van der Waals surface area contributed by atoms with Gasteiger partial charge in [-0.3, -0.25) is 4.90 Å². The smallest absolute Gasteiger partial charge is 0.229 e.